The minimum Gasteiger partial charge on any atom is -0.275 e. The van der Waals surface area contributed by atoms with Crippen molar-refractivity contribution in [3.8, 4) is 0 Å². The van der Waals surface area contributed by atoms with Crippen LogP contribution in [0.15, 0.2) is 36.3 Å². The Labute approximate surface area is 113 Å². The predicted molar refractivity (Wildman–Crippen MR) is 75.1 cm³/mol. The van der Waals surface area contributed by atoms with Gasteiger partial charge in [0.1, 0.15) is 5.83 Å². The van der Waals surface area contributed by atoms with Crippen LogP contribution in [0.2, 0.25) is 0 Å². The van der Waals surface area contributed by atoms with E-state index >= 15 is 0 Å². The maximum absolute atomic E-state index is 14.1. The number of halogens is 2. The van der Waals surface area contributed by atoms with E-state index in [1.54, 1.807) is 19.2 Å². The molecule has 0 spiro atoms. The number of nitrogens with one attached hydrogen (secondary N) is 1. The maximum atomic E-state index is 14.1. The number of rotatable bonds is 3. The highest BCUT2D eigenvalue weighted by Gasteiger charge is 2.14. The molecule has 0 aliphatic rings. The number of allylic oxidation sites excluding steroid dienone is 4. The fourth-order valence-corrected chi connectivity index (χ4v) is 1.98. The lowest BCUT2D eigenvalue weighted by Gasteiger charge is -2.03. The summed E-state index contributed by atoms with van der Waals surface area (Å²) in [5, 5.41) is 7.72. The number of H-pyrrole nitrogens is 1. The Hall–Kier alpha value is -1.49. The van der Waals surface area contributed by atoms with Crippen molar-refractivity contribution in [3.63, 3.8) is 0 Å². The van der Waals surface area contributed by atoms with Crippen LogP contribution < -0.4 is 0 Å². The Morgan fingerprint density at radius 2 is 2.33 bits per heavy atom. The zero-order valence-electron chi connectivity index (χ0n) is 10.1. The van der Waals surface area contributed by atoms with Crippen LogP contribution in [-0.2, 0) is 0 Å². The van der Waals surface area contributed by atoms with Crippen molar-refractivity contribution < 1.29 is 4.39 Å². The lowest BCUT2D eigenvalue weighted by atomic mass is 10.1. The van der Waals surface area contributed by atoms with Crippen molar-refractivity contribution in [1.29, 1.82) is 0 Å². The van der Waals surface area contributed by atoms with Gasteiger partial charge in [0, 0.05) is 22.0 Å². The average Bonchev–Trinajstić information content (AvgIpc) is 2.73. The van der Waals surface area contributed by atoms with Crippen molar-refractivity contribution in [1.82, 2.24) is 15.2 Å². The standard InChI is InChI=1S/C13H13BrFN3/c1-3-9(11(15)7-8(2)14)12-10-5-4-6-16-13(10)18-17-12/h3-8H,1-2H3,(H,16,17,18)/b9-3+,11-7+. The molecule has 0 radical (unpaired) electrons. The van der Waals surface area contributed by atoms with E-state index in [0.29, 0.717) is 16.9 Å². The number of pyridine rings is 1. The molecule has 0 aliphatic heterocycles. The van der Waals surface area contributed by atoms with E-state index in [0.717, 1.165) is 5.39 Å². The molecule has 0 fully saturated rings. The van der Waals surface area contributed by atoms with Gasteiger partial charge in [0.25, 0.3) is 0 Å². The van der Waals surface area contributed by atoms with Crippen LogP contribution in [0.25, 0.3) is 16.6 Å². The third-order valence-corrected chi connectivity index (χ3v) is 2.79. The van der Waals surface area contributed by atoms with Gasteiger partial charge in [-0.05, 0) is 32.1 Å². The van der Waals surface area contributed by atoms with Gasteiger partial charge < -0.3 is 0 Å². The lowest BCUT2D eigenvalue weighted by molar-refractivity contribution is 0.668. The van der Waals surface area contributed by atoms with Gasteiger partial charge in [-0.3, -0.25) is 5.10 Å². The highest BCUT2D eigenvalue weighted by molar-refractivity contribution is 9.09. The third kappa shape index (κ3) is 2.51. The molecule has 2 aromatic heterocycles. The summed E-state index contributed by atoms with van der Waals surface area (Å²) in [6.07, 6.45) is 4.90. The normalized spacial score (nSPS) is 15.1. The summed E-state index contributed by atoms with van der Waals surface area (Å²) in [6, 6.07) is 3.68. The van der Waals surface area contributed by atoms with Gasteiger partial charge in [-0.1, -0.05) is 22.0 Å². The van der Waals surface area contributed by atoms with Gasteiger partial charge in [-0.25, -0.2) is 9.37 Å². The molecule has 18 heavy (non-hydrogen) atoms. The highest BCUT2D eigenvalue weighted by Crippen LogP contribution is 2.28. The topological polar surface area (TPSA) is 41.6 Å². The van der Waals surface area contributed by atoms with Crippen molar-refractivity contribution >= 4 is 32.5 Å². The number of nitrogens with zero attached hydrogens (tertiary/aromatic N) is 2. The second-order valence-electron chi connectivity index (χ2n) is 3.87. The smallest absolute Gasteiger partial charge is 0.181 e. The molecule has 0 saturated heterocycles. The molecule has 0 saturated carbocycles. The monoisotopic (exact) mass is 309 g/mol. The minimum absolute atomic E-state index is 0.0280. The van der Waals surface area contributed by atoms with Crippen LogP contribution in [0.1, 0.15) is 19.5 Å². The van der Waals surface area contributed by atoms with E-state index in [-0.39, 0.29) is 10.7 Å². The molecule has 0 bridgehead atoms. The maximum Gasteiger partial charge on any atom is 0.181 e. The van der Waals surface area contributed by atoms with Crippen LogP contribution in [0, 0.1) is 0 Å². The summed E-state index contributed by atoms with van der Waals surface area (Å²) in [5.74, 6) is -0.281. The van der Waals surface area contributed by atoms with Crippen molar-refractivity contribution in [2.75, 3.05) is 0 Å². The minimum atomic E-state index is -0.281. The molecule has 2 aromatic rings. The summed E-state index contributed by atoms with van der Waals surface area (Å²) >= 11 is 3.30. The van der Waals surface area contributed by atoms with Gasteiger partial charge in [-0.15, -0.1) is 0 Å². The summed E-state index contributed by atoms with van der Waals surface area (Å²) in [7, 11) is 0. The molecule has 2 rings (SSSR count). The van der Waals surface area contributed by atoms with E-state index in [1.807, 2.05) is 19.1 Å². The number of alkyl halides is 1. The van der Waals surface area contributed by atoms with Gasteiger partial charge >= 0.3 is 0 Å². The van der Waals surface area contributed by atoms with E-state index in [2.05, 4.69) is 31.1 Å². The number of aromatic nitrogens is 3. The van der Waals surface area contributed by atoms with E-state index < -0.39 is 0 Å². The van der Waals surface area contributed by atoms with Crippen molar-refractivity contribution in [2.24, 2.45) is 0 Å². The van der Waals surface area contributed by atoms with E-state index in [4.69, 9.17) is 0 Å². The number of hydrogen-bond donors (Lipinski definition) is 1. The van der Waals surface area contributed by atoms with E-state index in [9.17, 15) is 4.39 Å². The third-order valence-electron chi connectivity index (χ3n) is 2.52. The molecule has 0 aromatic carbocycles. The van der Waals surface area contributed by atoms with Crippen molar-refractivity contribution in [2.45, 2.75) is 18.7 Å². The first kappa shape index (κ1) is 13.0. The summed E-state index contributed by atoms with van der Waals surface area (Å²) in [6.45, 7) is 3.66. The molecule has 5 heteroatoms. The Morgan fingerprint density at radius 3 is 3.00 bits per heavy atom. The second kappa shape index (κ2) is 5.44. The Kier molecular flexibility index (Phi) is 3.91. The predicted octanol–water partition coefficient (Wildman–Crippen LogP) is 4.00. The fraction of sp³-hybridized carbons (Fsp3) is 0.231. The van der Waals surface area contributed by atoms with Crippen LogP contribution >= 0.6 is 15.9 Å². The largest absolute Gasteiger partial charge is 0.275 e. The van der Waals surface area contributed by atoms with Gasteiger partial charge in [0.05, 0.1) is 5.69 Å². The number of hydrogen-bond acceptors (Lipinski definition) is 2. The number of fused-ring (bicyclic) bond motifs is 1. The van der Waals surface area contributed by atoms with Crippen LogP contribution in [-0.4, -0.2) is 20.0 Å². The first-order chi connectivity index (χ1) is 8.63. The van der Waals surface area contributed by atoms with Crippen molar-refractivity contribution in [3.05, 3.63) is 42.0 Å². The molecule has 3 nitrogen and oxygen atoms in total. The molecule has 0 aliphatic carbocycles. The quantitative estimate of drug-likeness (QED) is 0.688. The SMILES string of the molecule is C/C=C(\C(F)=C/C(C)Br)c1[nH]nc2ncccc12. The lowest BCUT2D eigenvalue weighted by Crippen LogP contribution is -1.91. The fourth-order valence-electron chi connectivity index (χ4n) is 1.75. The average molecular weight is 310 g/mol. The van der Waals surface area contributed by atoms with E-state index in [1.165, 1.54) is 6.08 Å². The van der Waals surface area contributed by atoms with Crippen LogP contribution in [0.4, 0.5) is 4.39 Å². The molecular weight excluding hydrogens is 297 g/mol. The Bertz CT molecular complexity index is 613. The molecule has 2 heterocycles. The summed E-state index contributed by atoms with van der Waals surface area (Å²) in [4.78, 5) is 4.09. The van der Waals surface area contributed by atoms with Gasteiger partial charge in [0.2, 0.25) is 0 Å². The van der Waals surface area contributed by atoms with Gasteiger partial charge in [0.15, 0.2) is 5.65 Å². The van der Waals surface area contributed by atoms with Crippen LogP contribution in [0.3, 0.4) is 0 Å². The molecule has 0 amide bonds. The zero-order chi connectivity index (χ0) is 13.1. The molecule has 1 unspecified atom stereocenters. The molecule has 1 N–H and O–H groups in total. The first-order valence-electron chi connectivity index (χ1n) is 5.61. The molecule has 1 atom stereocenters. The second-order valence-corrected chi connectivity index (χ2v) is 5.31. The molecular formula is C13H13BrFN3. The summed E-state index contributed by atoms with van der Waals surface area (Å²) < 4.78 is 14.1. The Balaban J connectivity index is 2.52. The number of aromatic amines is 1. The molecule has 94 valence electrons. The first-order valence-corrected chi connectivity index (χ1v) is 6.52. The summed E-state index contributed by atoms with van der Waals surface area (Å²) in [5.41, 5.74) is 1.74. The zero-order valence-corrected chi connectivity index (χ0v) is 11.7. The van der Waals surface area contributed by atoms with Crippen LogP contribution in [0.5, 0.6) is 0 Å². The van der Waals surface area contributed by atoms with Gasteiger partial charge in [-0.2, -0.15) is 5.10 Å². The Morgan fingerprint density at radius 1 is 1.56 bits per heavy atom. The highest BCUT2D eigenvalue weighted by atomic mass is 79.9.